The van der Waals surface area contributed by atoms with E-state index in [2.05, 4.69) is 22.1 Å². The Morgan fingerprint density at radius 2 is 1.76 bits per heavy atom. The molecule has 3 aromatic rings. The van der Waals surface area contributed by atoms with Crippen molar-refractivity contribution in [3.8, 4) is 23.0 Å². The third-order valence-electron chi connectivity index (χ3n) is 6.66. The van der Waals surface area contributed by atoms with Crippen LogP contribution >= 0.6 is 0 Å². The Morgan fingerprint density at radius 3 is 2.42 bits per heavy atom. The normalized spacial score (nSPS) is 19.5. The molecule has 8 nitrogen and oxygen atoms in total. The van der Waals surface area contributed by atoms with Crippen LogP contribution in [0, 0.1) is 5.41 Å². The molecule has 1 aromatic heterocycles. The highest BCUT2D eigenvalue weighted by Gasteiger charge is 2.53. The molecule has 2 aliphatic rings. The molecule has 2 aliphatic heterocycles. The Labute approximate surface area is 193 Å². The molecule has 3 heterocycles. The predicted molar refractivity (Wildman–Crippen MR) is 122 cm³/mol. The van der Waals surface area contributed by atoms with Crippen LogP contribution in [-0.4, -0.2) is 66.8 Å². The minimum Gasteiger partial charge on any atom is -0.497 e. The first-order valence-electron chi connectivity index (χ1n) is 11.1. The van der Waals surface area contributed by atoms with Gasteiger partial charge in [0, 0.05) is 36.7 Å². The van der Waals surface area contributed by atoms with Crippen LogP contribution in [0.15, 0.2) is 52.9 Å². The number of benzene rings is 2. The molecule has 172 valence electrons. The fourth-order valence-corrected chi connectivity index (χ4v) is 5.04. The van der Waals surface area contributed by atoms with E-state index in [9.17, 15) is 4.79 Å². The molecule has 2 saturated heterocycles. The third-order valence-corrected chi connectivity index (χ3v) is 6.66. The second-order valence-corrected chi connectivity index (χ2v) is 9.09. The highest BCUT2D eigenvalue weighted by molar-refractivity contribution is 5.80. The standard InChI is InChI=1S/C25H28N4O4/c1-28-14-25(13-21(28)24-27-26-23(33-24)18-7-5-4-6-8-18)15-29(16-25)22(30)11-17-9-19(31-2)12-20(10-17)32-3/h4-10,12,21H,11,13-16H2,1-3H3. The first-order chi connectivity index (χ1) is 16.0. The first-order valence-corrected chi connectivity index (χ1v) is 11.1. The number of amides is 1. The van der Waals surface area contributed by atoms with Gasteiger partial charge in [-0.25, -0.2) is 0 Å². The summed E-state index contributed by atoms with van der Waals surface area (Å²) >= 11 is 0. The van der Waals surface area contributed by atoms with E-state index in [0.717, 1.165) is 37.2 Å². The molecule has 0 N–H and O–H groups in total. The van der Waals surface area contributed by atoms with Crippen molar-refractivity contribution in [1.29, 1.82) is 0 Å². The summed E-state index contributed by atoms with van der Waals surface area (Å²) in [6.45, 7) is 2.39. The van der Waals surface area contributed by atoms with Gasteiger partial charge in [0.05, 0.1) is 26.7 Å². The summed E-state index contributed by atoms with van der Waals surface area (Å²) in [5.41, 5.74) is 1.88. The summed E-state index contributed by atoms with van der Waals surface area (Å²) in [5, 5.41) is 8.58. The van der Waals surface area contributed by atoms with E-state index < -0.39 is 0 Å². The number of rotatable bonds is 6. The van der Waals surface area contributed by atoms with E-state index in [0.29, 0.717) is 29.7 Å². The fourth-order valence-electron chi connectivity index (χ4n) is 5.04. The maximum Gasteiger partial charge on any atom is 0.247 e. The number of carbonyl (C=O) groups is 1. The van der Waals surface area contributed by atoms with Crippen molar-refractivity contribution in [2.75, 3.05) is 40.9 Å². The zero-order valence-corrected chi connectivity index (χ0v) is 19.2. The number of hydrogen-bond acceptors (Lipinski definition) is 7. The van der Waals surface area contributed by atoms with Crippen LogP contribution in [0.2, 0.25) is 0 Å². The third kappa shape index (κ3) is 4.18. The average molecular weight is 449 g/mol. The van der Waals surface area contributed by atoms with Gasteiger partial charge in [-0.05, 0) is 43.3 Å². The number of hydrogen-bond donors (Lipinski definition) is 0. The van der Waals surface area contributed by atoms with Crippen molar-refractivity contribution in [2.45, 2.75) is 18.9 Å². The molecule has 1 unspecified atom stereocenters. The Kier molecular flexibility index (Phi) is 5.54. The lowest BCUT2D eigenvalue weighted by Crippen LogP contribution is -2.59. The Bertz CT molecular complexity index is 1120. The van der Waals surface area contributed by atoms with Gasteiger partial charge in [0.25, 0.3) is 0 Å². The molecule has 2 aromatic carbocycles. The molecule has 0 saturated carbocycles. The maximum absolute atomic E-state index is 12.9. The van der Waals surface area contributed by atoms with E-state index in [1.807, 2.05) is 53.4 Å². The lowest BCUT2D eigenvalue weighted by Gasteiger charge is -2.48. The largest absolute Gasteiger partial charge is 0.497 e. The van der Waals surface area contributed by atoms with Gasteiger partial charge < -0.3 is 18.8 Å². The van der Waals surface area contributed by atoms with Crippen molar-refractivity contribution in [1.82, 2.24) is 20.0 Å². The highest BCUT2D eigenvalue weighted by atomic mass is 16.5. The molecule has 0 bridgehead atoms. The molecule has 0 radical (unpaired) electrons. The summed E-state index contributed by atoms with van der Waals surface area (Å²) in [6.07, 6.45) is 1.23. The van der Waals surface area contributed by atoms with Crippen molar-refractivity contribution >= 4 is 5.91 Å². The van der Waals surface area contributed by atoms with Crippen LogP contribution < -0.4 is 9.47 Å². The lowest BCUT2D eigenvalue weighted by molar-refractivity contribution is -0.141. The Balaban J connectivity index is 1.22. The van der Waals surface area contributed by atoms with Crippen LogP contribution in [0.5, 0.6) is 11.5 Å². The van der Waals surface area contributed by atoms with Gasteiger partial charge in [-0.15, -0.1) is 10.2 Å². The SMILES string of the molecule is COc1cc(CC(=O)N2CC3(CC(c4nnc(-c5ccccc5)o4)N(C)C3)C2)cc(OC)c1. The summed E-state index contributed by atoms with van der Waals surface area (Å²) in [5.74, 6) is 2.67. The van der Waals surface area contributed by atoms with Crippen molar-refractivity contribution in [3.63, 3.8) is 0 Å². The molecule has 1 amide bonds. The van der Waals surface area contributed by atoms with Crippen LogP contribution in [0.3, 0.4) is 0 Å². The summed E-state index contributed by atoms with van der Waals surface area (Å²) < 4.78 is 16.7. The van der Waals surface area contributed by atoms with E-state index in [-0.39, 0.29) is 17.4 Å². The number of carbonyl (C=O) groups excluding carboxylic acids is 1. The van der Waals surface area contributed by atoms with Gasteiger partial charge in [0.2, 0.25) is 17.7 Å². The Hall–Kier alpha value is -3.39. The van der Waals surface area contributed by atoms with Gasteiger partial charge in [-0.1, -0.05) is 18.2 Å². The van der Waals surface area contributed by atoms with Crippen molar-refractivity contribution in [2.24, 2.45) is 5.41 Å². The quantitative estimate of drug-likeness (QED) is 0.573. The van der Waals surface area contributed by atoms with Crippen LogP contribution in [0.4, 0.5) is 0 Å². The highest BCUT2D eigenvalue weighted by Crippen LogP contribution is 2.47. The maximum atomic E-state index is 12.9. The van der Waals surface area contributed by atoms with Crippen LogP contribution in [0.25, 0.3) is 11.5 Å². The zero-order chi connectivity index (χ0) is 23.0. The van der Waals surface area contributed by atoms with E-state index >= 15 is 0 Å². The van der Waals surface area contributed by atoms with Crippen LogP contribution in [0.1, 0.15) is 23.9 Å². The van der Waals surface area contributed by atoms with Crippen LogP contribution in [-0.2, 0) is 11.2 Å². The number of likely N-dealkylation sites (tertiary alicyclic amines) is 2. The van der Waals surface area contributed by atoms with E-state index in [1.165, 1.54) is 0 Å². The van der Waals surface area contributed by atoms with Gasteiger partial charge in [0.15, 0.2) is 0 Å². The van der Waals surface area contributed by atoms with E-state index in [1.54, 1.807) is 14.2 Å². The average Bonchev–Trinajstić information content (AvgIpc) is 3.43. The zero-order valence-electron chi connectivity index (χ0n) is 19.2. The first kappa shape index (κ1) is 21.5. The number of methoxy groups -OCH3 is 2. The molecular formula is C25H28N4O4. The second-order valence-electron chi connectivity index (χ2n) is 9.09. The molecule has 33 heavy (non-hydrogen) atoms. The molecule has 1 spiro atoms. The van der Waals surface area contributed by atoms with Gasteiger partial charge in [-0.3, -0.25) is 9.69 Å². The summed E-state index contributed by atoms with van der Waals surface area (Å²) in [4.78, 5) is 17.1. The molecule has 8 heteroatoms. The van der Waals surface area contributed by atoms with Gasteiger partial charge in [-0.2, -0.15) is 0 Å². The molecule has 0 aliphatic carbocycles. The smallest absolute Gasteiger partial charge is 0.247 e. The lowest BCUT2D eigenvalue weighted by atomic mass is 9.77. The van der Waals surface area contributed by atoms with Crippen molar-refractivity contribution < 1.29 is 18.7 Å². The molecular weight excluding hydrogens is 420 g/mol. The monoisotopic (exact) mass is 448 g/mol. The minimum absolute atomic E-state index is 0.0647. The number of aromatic nitrogens is 2. The topological polar surface area (TPSA) is 80.9 Å². The van der Waals surface area contributed by atoms with E-state index in [4.69, 9.17) is 13.9 Å². The summed E-state index contributed by atoms with van der Waals surface area (Å²) in [7, 11) is 5.30. The minimum atomic E-state index is 0.0647. The Morgan fingerprint density at radius 1 is 1.06 bits per heavy atom. The van der Waals surface area contributed by atoms with Crippen molar-refractivity contribution in [3.05, 3.63) is 60.0 Å². The summed E-state index contributed by atoms with van der Waals surface area (Å²) in [6, 6.07) is 15.4. The van der Waals surface area contributed by atoms with Gasteiger partial charge >= 0.3 is 0 Å². The molecule has 1 atom stereocenters. The number of ether oxygens (including phenoxy) is 2. The number of nitrogens with zero attached hydrogens (tertiary/aromatic N) is 4. The van der Waals surface area contributed by atoms with Gasteiger partial charge in [0.1, 0.15) is 11.5 Å². The second kappa shape index (κ2) is 8.51. The molecule has 5 rings (SSSR count). The predicted octanol–water partition coefficient (Wildman–Crippen LogP) is 3.20. The molecule has 2 fully saturated rings. The fraction of sp³-hybridized carbons (Fsp3) is 0.400.